The van der Waals surface area contributed by atoms with Crippen molar-refractivity contribution in [1.29, 1.82) is 0 Å². The fourth-order valence-corrected chi connectivity index (χ4v) is 3.19. The van der Waals surface area contributed by atoms with Gasteiger partial charge in [0.05, 0.1) is 40.8 Å². The molecule has 0 saturated carbocycles. The lowest BCUT2D eigenvalue weighted by atomic mass is 9.80. The molecule has 0 saturated heterocycles. The average Bonchev–Trinajstić information content (AvgIpc) is 2.56. The number of rotatable bonds is 4. The second-order valence-electron chi connectivity index (χ2n) is 5.52. The van der Waals surface area contributed by atoms with Crippen molar-refractivity contribution in [3.8, 4) is 0 Å². The Bertz CT molecular complexity index is 783. The van der Waals surface area contributed by atoms with Crippen LogP contribution < -0.4 is 5.32 Å². The summed E-state index contributed by atoms with van der Waals surface area (Å²) in [6, 6.07) is 5.00. The molecule has 1 aromatic carbocycles. The van der Waals surface area contributed by atoms with Gasteiger partial charge in [-0.05, 0) is 38.5 Å². The van der Waals surface area contributed by atoms with Crippen LogP contribution in [0.2, 0.25) is 10.0 Å². The molecular weight excluding hydrogens is 365 g/mol. The second-order valence-corrected chi connectivity index (χ2v) is 6.34. The number of halogens is 2. The minimum Gasteiger partial charge on any atom is -0.466 e. The van der Waals surface area contributed by atoms with Gasteiger partial charge in [0.25, 0.3) is 0 Å². The van der Waals surface area contributed by atoms with Crippen LogP contribution in [0.3, 0.4) is 0 Å². The Morgan fingerprint density at radius 1 is 1.08 bits per heavy atom. The zero-order valence-electron chi connectivity index (χ0n) is 14.4. The highest BCUT2D eigenvalue weighted by Crippen LogP contribution is 2.40. The summed E-state index contributed by atoms with van der Waals surface area (Å²) in [7, 11) is 1.30. The van der Waals surface area contributed by atoms with Gasteiger partial charge in [0.2, 0.25) is 0 Å². The SMILES string of the molecule is CCOC(=O)C1=C(C)NC(C)=C(C(=O)OC)C1c1ccc(Cl)c(Cl)c1. The fraction of sp³-hybridized carbons (Fsp3) is 0.333. The number of allylic oxidation sites excluding steroid dienone is 2. The van der Waals surface area contributed by atoms with E-state index in [4.69, 9.17) is 32.7 Å². The van der Waals surface area contributed by atoms with Gasteiger partial charge < -0.3 is 14.8 Å². The van der Waals surface area contributed by atoms with E-state index < -0.39 is 17.9 Å². The molecular formula is C18H19Cl2NO4. The van der Waals surface area contributed by atoms with Crippen molar-refractivity contribution in [3.63, 3.8) is 0 Å². The van der Waals surface area contributed by atoms with Gasteiger partial charge in [-0.3, -0.25) is 0 Å². The molecule has 0 aromatic heterocycles. The molecule has 1 unspecified atom stereocenters. The number of nitrogens with one attached hydrogen (secondary N) is 1. The first-order valence-corrected chi connectivity index (χ1v) is 8.46. The molecule has 7 heteroatoms. The summed E-state index contributed by atoms with van der Waals surface area (Å²) in [4.78, 5) is 24.9. The standard InChI is InChI=1S/C18H19Cl2NO4/c1-5-25-18(23)15-10(3)21-9(2)14(17(22)24-4)16(15)11-6-7-12(19)13(20)8-11/h6-8,16,21H,5H2,1-4H3. The Kier molecular flexibility index (Phi) is 6.14. The van der Waals surface area contributed by atoms with Gasteiger partial charge >= 0.3 is 11.9 Å². The van der Waals surface area contributed by atoms with Gasteiger partial charge in [-0.15, -0.1) is 0 Å². The Labute approximate surface area is 156 Å². The quantitative estimate of drug-likeness (QED) is 0.796. The van der Waals surface area contributed by atoms with Crippen molar-refractivity contribution in [2.24, 2.45) is 0 Å². The van der Waals surface area contributed by atoms with Crippen LogP contribution in [-0.4, -0.2) is 25.7 Å². The topological polar surface area (TPSA) is 64.6 Å². The first-order valence-electron chi connectivity index (χ1n) is 7.70. The third kappa shape index (κ3) is 3.83. The van der Waals surface area contributed by atoms with Crippen LogP contribution in [0.15, 0.2) is 40.7 Å². The maximum Gasteiger partial charge on any atom is 0.336 e. The van der Waals surface area contributed by atoms with E-state index in [2.05, 4.69) is 5.32 Å². The predicted octanol–water partition coefficient (Wildman–Crippen LogP) is 3.96. The van der Waals surface area contributed by atoms with E-state index in [0.717, 1.165) is 0 Å². The summed E-state index contributed by atoms with van der Waals surface area (Å²) in [5.41, 5.74) is 2.53. The van der Waals surface area contributed by atoms with E-state index in [-0.39, 0.29) is 6.61 Å². The van der Waals surface area contributed by atoms with Crippen molar-refractivity contribution in [2.45, 2.75) is 26.7 Å². The molecule has 1 N–H and O–H groups in total. The van der Waals surface area contributed by atoms with Gasteiger partial charge in [0.1, 0.15) is 0 Å². The first-order chi connectivity index (χ1) is 11.8. The monoisotopic (exact) mass is 383 g/mol. The molecule has 1 aromatic rings. The molecule has 0 spiro atoms. The fourth-order valence-electron chi connectivity index (χ4n) is 2.88. The van der Waals surface area contributed by atoms with E-state index in [0.29, 0.717) is 38.1 Å². The molecule has 1 aliphatic heterocycles. The number of methoxy groups -OCH3 is 1. The number of carbonyl (C=O) groups excluding carboxylic acids is 2. The lowest BCUT2D eigenvalue weighted by molar-refractivity contribution is -0.139. The summed E-state index contributed by atoms with van der Waals surface area (Å²) in [5, 5.41) is 3.78. The van der Waals surface area contributed by atoms with Crippen LogP contribution in [0.5, 0.6) is 0 Å². The maximum absolute atomic E-state index is 12.6. The molecule has 0 amide bonds. The number of hydrogen-bond acceptors (Lipinski definition) is 5. The van der Waals surface area contributed by atoms with Crippen LogP contribution in [0.4, 0.5) is 0 Å². The van der Waals surface area contributed by atoms with Crippen molar-refractivity contribution in [3.05, 3.63) is 56.3 Å². The van der Waals surface area contributed by atoms with E-state index in [9.17, 15) is 9.59 Å². The van der Waals surface area contributed by atoms with Crippen molar-refractivity contribution in [1.82, 2.24) is 5.32 Å². The Morgan fingerprint density at radius 2 is 1.68 bits per heavy atom. The number of esters is 2. The molecule has 25 heavy (non-hydrogen) atoms. The zero-order chi connectivity index (χ0) is 18.7. The van der Waals surface area contributed by atoms with Gasteiger partial charge in [0.15, 0.2) is 0 Å². The zero-order valence-corrected chi connectivity index (χ0v) is 15.9. The van der Waals surface area contributed by atoms with E-state index >= 15 is 0 Å². The summed E-state index contributed by atoms with van der Waals surface area (Å²) in [6.07, 6.45) is 0. The Hall–Kier alpha value is -1.98. The minimum atomic E-state index is -0.664. The molecule has 1 heterocycles. The highest BCUT2D eigenvalue weighted by atomic mass is 35.5. The molecule has 1 atom stereocenters. The molecule has 134 valence electrons. The smallest absolute Gasteiger partial charge is 0.336 e. The molecule has 0 radical (unpaired) electrons. The number of benzene rings is 1. The molecule has 1 aliphatic rings. The van der Waals surface area contributed by atoms with E-state index in [1.165, 1.54) is 7.11 Å². The number of hydrogen-bond donors (Lipinski definition) is 1. The van der Waals surface area contributed by atoms with Crippen molar-refractivity contribution >= 4 is 35.1 Å². The van der Waals surface area contributed by atoms with Crippen LogP contribution >= 0.6 is 23.2 Å². The number of ether oxygens (including phenoxy) is 2. The van der Waals surface area contributed by atoms with Crippen LogP contribution in [-0.2, 0) is 19.1 Å². The second kappa shape index (κ2) is 7.93. The third-order valence-electron chi connectivity index (χ3n) is 3.94. The van der Waals surface area contributed by atoms with Crippen molar-refractivity contribution < 1.29 is 19.1 Å². The van der Waals surface area contributed by atoms with Crippen LogP contribution in [0.25, 0.3) is 0 Å². The van der Waals surface area contributed by atoms with Gasteiger partial charge in [0, 0.05) is 11.4 Å². The summed E-state index contributed by atoms with van der Waals surface area (Å²) in [6.45, 7) is 5.46. The van der Waals surface area contributed by atoms with Gasteiger partial charge in [-0.25, -0.2) is 9.59 Å². The Morgan fingerprint density at radius 3 is 2.20 bits per heavy atom. The third-order valence-corrected chi connectivity index (χ3v) is 4.68. The summed E-state index contributed by atoms with van der Waals surface area (Å²) < 4.78 is 10.1. The molecule has 2 rings (SSSR count). The lowest BCUT2D eigenvalue weighted by Gasteiger charge is -2.30. The first kappa shape index (κ1) is 19.3. The largest absolute Gasteiger partial charge is 0.466 e. The van der Waals surface area contributed by atoms with Crippen molar-refractivity contribution in [2.75, 3.05) is 13.7 Å². The minimum absolute atomic E-state index is 0.222. The molecule has 0 bridgehead atoms. The Balaban J connectivity index is 2.68. The lowest BCUT2D eigenvalue weighted by Crippen LogP contribution is -2.32. The normalized spacial score (nSPS) is 17.3. The molecule has 0 fully saturated rings. The van der Waals surface area contributed by atoms with Gasteiger partial charge in [-0.2, -0.15) is 0 Å². The molecule has 0 aliphatic carbocycles. The maximum atomic E-state index is 12.6. The summed E-state index contributed by atoms with van der Waals surface area (Å²) in [5.74, 6) is -1.70. The highest BCUT2D eigenvalue weighted by Gasteiger charge is 2.37. The average molecular weight is 384 g/mol. The van der Waals surface area contributed by atoms with Gasteiger partial charge in [-0.1, -0.05) is 29.3 Å². The van der Waals surface area contributed by atoms with E-state index in [1.807, 2.05) is 0 Å². The highest BCUT2D eigenvalue weighted by molar-refractivity contribution is 6.42. The number of dihydropyridines is 1. The number of carbonyl (C=O) groups is 2. The molecule has 5 nitrogen and oxygen atoms in total. The predicted molar refractivity (Wildman–Crippen MR) is 96.4 cm³/mol. The summed E-state index contributed by atoms with van der Waals surface area (Å²) >= 11 is 12.1. The van der Waals surface area contributed by atoms with Crippen LogP contribution in [0.1, 0.15) is 32.3 Å². The van der Waals surface area contributed by atoms with Crippen LogP contribution in [0, 0.1) is 0 Å². The van der Waals surface area contributed by atoms with E-state index in [1.54, 1.807) is 39.0 Å².